The minimum atomic E-state index is -2.91. The highest BCUT2D eigenvalue weighted by atomic mass is 79.9. The van der Waals surface area contributed by atoms with Gasteiger partial charge in [-0.1, -0.05) is 35.0 Å². The highest BCUT2D eigenvalue weighted by molar-refractivity contribution is 9.10. The lowest BCUT2D eigenvalue weighted by molar-refractivity contribution is 0.483. The fourth-order valence-electron chi connectivity index (χ4n) is 2.07. The van der Waals surface area contributed by atoms with Crippen LogP contribution in [0.25, 0.3) is 0 Å². The van der Waals surface area contributed by atoms with E-state index < -0.39 is 9.84 Å². The van der Waals surface area contributed by atoms with E-state index in [1.807, 2.05) is 19.1 Å². The lowest BCUT2D eigenvalue weighted by Crippen LogP contribution is -2.40. The van der Waals surface area contributed by atoms with E-state index in [4.69, 9.17) is 0 Å². The first kappa shape index (κ1) is 16.7. The van der Waals surface area contributed by atoms with Gasteiger partial charge in [0.2, 0.25) is 0 Å². The number of hydrogen-bond donors (Lipinski definition) is 1. The van der Waals surface area contributed by atoms with Gasteiger partial charge in [-0.25, -0.2) is 8.42 Å². The number of nitrogens with one attached hydrogen (secondary N) is 1. The molecule has 0 aliphatic carbocycles. The molecular formula is C14H22BrNO2S. The zero-order valence-corrected chi connectivity index (χ0v) is 14.1. The summed E-state index contributed by atoms with van der Waals surface area (Å²) in [7, 11) is -2.91. The Labute approximate surface area is 124 Å². The summed E-state index contributed by atoms with van der Waals surface area (Å²) in [5, 5.41) is 3.34. The summed E-state index contributed by atoms with van der Waals surface area (Å²) in [4.78, 5) is 0. The van der Waals surface area contributed by atoms with Crippen LogP contribution in [0.3, 0.4) is 0 Å². The number of sulfone groups is 1. The molecule has 1 N–H and O–H groups in total. The van der Waals surface area contributed by atoms with Gasteiger partial charge in [-0.15, -0.1) is 0 Å². The summed E-state index contributed by atoms with van der Waals surface area (Å²) in [5.41, 5.74) is 1.24. The van der Waals surface area contributed by atoms with Crippen molar-refractivity contribution in [2.75, 3.05) is 11.5 Å². The van der Waals surface area contributed by atoms with Gasteiger partial charge in [-0.3, -0.25) is 0 Å². The zero-order valence-electron chi connectivity index (χ0n) is 11.7. The molecule has 0 saturated heterocycles. The maximum Gasteiger partial charge on any atom is 0.151 e. The Hall–Kier alpha value is -0.390. The molecule has 0 bridgehead atoms. The quantitative estimate of drug-likeness (QED) is 0.824. The molecule has 2 unspecified atom stereocenters. The largest absolute Gasteiger partial charge is 0.310 e. The Kier molecular flexibility index (Phi) is 6.50. The maximum absolute atomic E-state index is 11.5. The van der Waals surface area contributed by atoms with Crippen LogP contribution in [0.2, 0.25) is 0 Å². The third-order valence-electron chi connectivity index (χ3n) is 2.97. The third-order valence-corrected chi connectivity index (χ3v) is 5.38. The maximum atomic E-state index is 11.5. The van der Waals surface area contributed by atoms with Gasteiger partial charge in [-0.05, 0) is 38.0 Å². The molecule has 0 aliphatic rings. The van der Waals surface area contributed by atoms with E-state index in [0.717, 1.165) is 10.9 Å². The van der Waals surface area contributed by atoms with Crippen LogP contribution < -0.4 is 5.32 Å². The molecule has 0 fully saturated rings. The van der Waals surface area contributed by atoms with E-state index in [9.17, 15) is 8.42 Å². The Morgan fingerprint density at radius 1 is 1.16 bits per heavy atom. The molecule has 0 amide bonds. The van der Waals surface area contributed by atoms with E-state index >= 15 is 0 Å². The van der Waals surface area contributed by atoms with Crippen LogP contribution in [0.15, 0.2) is 28.7 Å². The Morgan fingerprint density at radius 2 is 1.74 bits per heavy atom. The lowest BCUT2D eigenvalue weighted by atomic mass is 10.1. The van der Waals surface area contributed by atoms with Crippen molar-refractivity contribution >= 4 is 25.8 Å². The average Bonchev–Trinajstić information content (AvgIpc) is 2.31. The monoisotopic (exact) mass is 347 g/mol. The fourth-order valence-corrected chi connectivity index (χ4v) is 3.42. The molecule has 0 aliphatic heterocycles. The van der Waals surface area contributed by atoms with Crippen molar-refractivity contribution in [3.8, 4) is 0 Å². The van der Waals surface area contributed by atoms with Crippen LogP contribution in [0.4, 0.5) is 0 Å². The molecule has 0 aromatic heterocycles. The van der Waals surface area contributed by atoms with Crippen LogP contribution in [0.5, 0.6) is 0 Å². The number of rotatable bonds is 7. The molecule has 5 heteroatoms. The van der Waals surface area contributed by atoms with Gasteiger partial charge in [0.05, 0.1) is 5.75 Å². The highest BCUT2D eigenvalue weighted by Gasteiger charge is 2.15. The first-order valence-corrected chi connectivity index (χ1v) is 9.14. The fraction of sp³-hybridized carbons (Fsp3) is 0.571. The van der Waals surface area contributed by atoms with E-state index in [-0.39, 0.29) is 23.6 Å². The number of hydrogen-bond acceptors (Lipinski definition) is 3. The SMILES string of the molecule is CCS(=O)(=O)CC(C)NC(C)Cc1ccc(Br)cc1. The van der Waals surface area contributed by atoms with Crippen LogP contribution in [-0.4, -0.2) is 32.0 Å². The third kappa shape index (κ3) is 6.54. The molecule has 2 atom stereocenters. The summed E-state index contributed by atoms with van der Waals surface area (Å²) in [6, 6.07) is 8.43. The summed E-state index contributed by atoms with van der Waals surface area (Å²) in [6.45, 7) is 5.69. The van der Waals surface area contributed by atoms with E-state index in [1.54, 1.807) is 6.92 Å². The summed E-state index contributed by atoms with van der Waals surface area (Å²) in [6.07, 6.45) is 0.893. The van der Waals surface area contributed by atoms with Gasteiger partial charge in [0.25, 0.3) is 0 Å². The van der Waals surface area contributed by atoms with Crippen molar-refractivity contribution < 1.29 is 8.42 Å². The van der Waals surface area contributed by atoms with Gasteiger partial charge in [0.1, 0.15) is 0 Å². The van der Waals surface area contributed by atoms with Crippen molar-refractivity contribution in [3.05, 3.63) is 34.3 Å². The Morgan fingerprint density at radius 3 is 2.26 bits per heavy atom. The Balaban J connectivity index is 2.46. The van der Waals surface area contributed by atoms with Gasteiger partial charge >= 0.3 is 0 Å². The zero-order chi connectivity index (χ0) is 14.5. The molecule has 1 aromatic rings. The number of halogens is 1. The second-order valence-electron chi connectivity index (χ2n) is 5.00. The van der Waals surface area contributed by atoms with Crippen molar-refractivity contribution in [2.45, 2.75) is 39.3 Å². The lowest BCUT2D eigenvalue weighted by Gasteiger charge is -2.20. The first-order chi connectivity index (χ1) is 8.82. The second kappa shape index (κ2) is 7.41. The summed E-state index contributed by atoms with van der Waals surface area (Å²) >= 11 is 3.41. The van der Waals surface area contributed by atoms with Gasteiger partial charge in [0.15, 0.2) is 9.84 Å². The topological polar surface area (TPSA) is 46.2 Å². The van der Waals surface area contributed by atoms with E-state index in [0.29, 0.717) is 0 Å². The molecule has 0 spiro atoms. The smallest absolute Gasteiger partial charge is 0.151 e. The van der Waals surface area contributed by atoms with Crippen LogP contribution in [0.1, 0.15) is 26.3 Å². The second-order valence-corrected chi connectivity index (χ2v) is 8.31. The predicted octanol–water partition coefficient (Wildman–Crippen LogP) is 2.79. The molecule has 19 heavy (non-hydrogen) atoms. The standard InChI is InChI=1S/C14H22BrNO2S/c1-4-19(17,18)10-12(3)16-11(2)9-13-5-7-14(15)8-6-13/h5-8,11-12,16H,4,9-10H2,1-3H3. The van der Waals surface area contributed by atoms with Gasteiger partial charge in [0, 0.05) is 22.3 Å². The highest BCUT2D eigenvalue weighted by Crippen LogP contribution is 2.12. The van der Waals surface area contributed by atoms with Crippen LogP contribution >= 0.6 is 15.9 Å². The predicted molar refractivity (Wildman–Crippen MR) is 84.2 cm³/mol. The molecule has 1 aromatic carbocycles. The first-order valence-electron chi connectivity index (χ1n) is 6.53. The molecule has 1 rings (SSSR count). The molecule has 0 saturated carbocycles. The van der Waals surface area contributed by atoms with Gasteiger partial charge < -0.3 is 5.32 Å². The van der Waals surface area contributed by atoms with E-state index in [1.165, 1.54) is 5.56 Å². The molecule has 3 nitrogen and oxygen atoms in total. The minimum absolute atomic E-state index is 0.0181. The van der Waals surface area contributed by atoms with Crippen LogP contribution in [0, 0.1) is 0 Å². The van der Waals surface area contributed by atoms with Crippen molar-refractivity contribution in [1.82, 2.24) is 5.32 Å². The normalized spacial score (nSPS) is 15.2. The minimum Gasteiger partial charge on any atom is -0.310 e. The van der Waals surface area contributed by atoms with Gasteiger partial charge in [-0.2, -0.15) is 0 Å². The van der Waals surface area contributed by atoms with Crippen molar-refractivity contribution in [1.29, 1.82) is 0 Å². The Bertz CT molecular complexity index is 485. The number of benzene rings is 1. The van der Waals surface area contributed by atoms with Crippen LogP contribution in [-0.2, 0) is 16.3 Å². The van der Waals surface area contributed by atoms with Crippen molar-refractivity contribution in [2.24, 2.45) is 0 Å². The summed E-state index contributed by atoms with van der Waals surface area (Å²) in [5.74, 6) is 0.411. The summed E-state index contributed by atoms with van der Waals surface area (Å²) < 4.78 is 24.2. The molecule has 108 valence electrons. The average molecular weight is 348 g/mol. The van der Waals surface area contributed by atoms with E-state index in [2.05, 4.69) is 40.3 Å². The molecular weight excluding hydrogens is 326 g/mol. The molecule has 0 radical (unpaired) electrons. The molecule has 0 heterocycles. The van der Waals surface area contributed by atoms with Crippen molar-refractivity contribution in [3.63, 3.8) is 0 Å².